The molecule has 0 spiro atoms. The number of benzene rings is 1. The van der Waals surface area contributed by atoms with Crippen molar-refractivity contribution in [2.24, 2.45) is 28.7 Å². The zero-order valence-corrected chi connectivity index (χ0v) is 21.3. The number of allylic oxidation sites excluding steroid dienone is 2. The van der Waals surface area contributed by atoms with Crippen LogP contribution < -0.4 is 28.4 Å². The van der Waals surface area contributed by atoms with Gasteiger partial charge < -0.3 is 27.8 Å². The second kappa shape index (κ2) is 17.9. The Balaban J connectivity index is -0.000000856. The Hall–Kier alpha value is -0.950. The fraction of sp³-hybridized carbons (Fsp3) is 0.571. The minimum absolute atomic E-state index is 0.137. The van der Waals surface area contributed by atoms with Gasteiger partial charge in [-0.15, -0.1) is 9.24 Å². The molecule has 0 aliphatic heterocycles. The fourth-order valence-corrected chi connectivity index (χ4v) is 2.99. The molecule has 1 unspecified atom stereocenters. The smallest absolute Gasteiger partial charge is 0.0403 e. The summed E-state index contributed by atoms with van der Waals surface area (Å²) in [5.74, 6) is 4.15. The third kappa shape index (κ3) is 13.8. The lowest BCUT2D eigenvalue weighted by Gasteiger charge is -2.24. The summed E-state index contributed by atoms with van der Waals surface area (Å²) in [6.45, 7) is 13.1. The van der Waals surface area contributed by atoms with Gasteiger partial charge in [0.1, 0.15) is 0 Å². The number of nitrogens with one attached hydrogen (secondary N) is 1. The van der Waals surface area contributed by atoms with E-state index < -0.39 is 0 Å². The van der Waals surface area contributed by atoms with Gasteiger partial charge in [0.25, 0.3) is 0 Å². The van der Waals surface area contributed by atoms with Gasteiger partial charge in [-0.05, 0) is 66.1 Å². The van der Waals surface area contributed by atoms with E-state index in [1.54, 1.807) is 6.26 Å². The number of anilines is 1. The quantitative estimate of drug-likeness (QED) is 0.0919. The summed E-state index contributed by atoms with van der Waals surface area (Å²) >= 11 is 3.53. The molecule has 1 atom stereocenters. The lowest BCUT2D eigenvalue weighted by atomic mass is 9.81. The van der Waals surface area contributed by atoms with E-state index in [2.05, 4.69) is 86.8 Å². The minimum Gasteiger partial charge on any atom is -0.399 e. The van der Waals surface area contributed by atoms with Gasteiger partial charge >= 0.3 is 0 Å². The summed E-state index contributed by atoms with van der Waals surface area (Å²) in [5, 5.41) is 16.1. The number of nitrogen functional groups attached to an aromatic ring is 1. The van der Waals surface area contributed by atoms with Gasteiger partial charge in [0.15, 0.2) is 0 Å². The van der Waals surface area contributed by atoms with Crippen LogP contribution in [0, 0.1) is 16.7 Å². The average molecular weight is 446 g/mol. The van der Waals surface area contributed by atoms with Gasteiger partial charge in [-0.3, -0.25) is 0 Å². The number of hydrogen-bond donors (Lipinski definition) is 7. The Morgan fingerprint density at radius 3 is 1.97 bits per heavy atom. The molecule has 0 aliphatic carbocycles. The topological polar surface area (TPSA) is 148 Å². The van der Waals surface area contributed by atoms with Crippen molar-refractivity contribution < 1.29 is 5.21 Å². The van der Waals surface area contributed by atoms with Crippen LogP contribution in [0.25, 0.3) is 5.57 Å². The molecule has 0 saturated heterocycles. The molecule has 6 nitrogen and oxygen atoms in total. The van der Waals surface area contributed by atoms with Crippen LogP contribution in [-0.4, -0.2) is 23.8 Å². The predicted molar refractivity (Wildman–Crippen MR) is 138 cm³/mol. The van der Waals surface area contributed by atoms with Crippen molar-refractivity contribution >= 4 is 44.1 Å². The van der Waals surface area contributed by atoms with Crippen LogP contribution in [0.4, 0.5) is 5.69 Å². The van der Waals surface area contributed by atoms with E-state index in [0.29, 0.717) is 11.6 Å². The van der Waals surface area contributed by atoms with Crippen molar-refractivity contribution in [1.82, 2.24) is 0 Å². The third-order valence-corrected chi connectivity index (χ3v) is 4.43. The predicted octanol–water partition coefficient (Wildman–Crippen LogP) is 3.79. The number of thiol groups is 1. The Bertz CT molecular complexity index is 614. The minimum atomic E-state index is -0.137. The summed E-state index contributed by atoms with van der Waals surface area (Å²) in [6, 6.07) is 6.03. The van der Waals surface area contributed by atoms with Gasteiger partial charge in [-0.1, -0.05) is 40.7 Å². The largest absolute Gasteiger partial charge is 0.399 e. The van der Waals surface area contributed by atoms with E-state index in [-0.39, 0.29) is 12.1 Å². The van der Waals surface area contributed by atoms with Crippen LogP contribution in [0.15, 0.2) is 23.8 Å². The lowest BCUT2D eigenvalue weighted by Crippen LogP contribution is -2.21. The van der Waals surface area contributed by atoms with Crippen molar-refractivity contribution in [2.75, 3.05) is 18.7 Å². The second-order valence-corrected chi connectivity index (χ2v) is 8.37. The highest BCUT2D eigenvalue weighted by atomic mass is 32.1. The summed E-state index contributed by atoms with van der Waals surface area (Å²) in [5.41, 5.74) is 20.1. The van der Waals surface area contributed by atoms with Gasteiger partial charge in [0, 0.05) is 23.5 Å². The third-order valence-electron chi connectivity index (χ3n) is 3.95. The molecule has 8 heteroatoms. The van der Waals surface area contributed by atoms with Gasteiger partial charge in [-0.25, -0.2) is 5.90 Å². The Morgan fingerprint density at radius 2 is 1.62 bits per heavy atom. The highest BCUT2D eigenvalue weighted by Crippen LogP contribution is 2.31. The molecule has 29 heavy (non-hydrogen) atoms. The first-order valence-corrected chi connectivity index (χ1v) is 11.0. The molecule has 1 aromatic carbocycles. The molecule has 170 valence electrons. The zero-order chi connectivity index (χ0) is 23.8. The lowest BCUT2D eigenvalue weighted by molar-refractivity contribution is 0.311. The summed E-state index contributed by atoms with van der Waals surface area (Å²) in [6.07, 6.45) is 3.81. The van der Waals surface area contributed by atoms with Crippen LogP contribution >= 0.6 is 21.9 Å². The first-order chi connectivity index (χ1) is 13.4. The van der Waals surface area contributed by atoms with E-state index in [9.17, 15) is 0 Å². The van der Waals surface area contributed by atoms with Crippen LogP contribution in [0.5, 0.6) is 0 Å². The number of nitrogens with two attached hydrogens (primary N) is 4. The molecule has 0 fully saturated rings. The van der Waals surface area contributed by atoms with Crippen LogP contribution in [0.2, 0.25) is 0 Å². The van der Waals surface area contributed by atoms with Crippen LogP contribution in [0.3, 0.4) is 0 Å². The maximum atomic E-state index is 8.54. The molecular weight excluding hydrogens is 401 g/mol. The number of rotatable bonds is 5. The monoisotopic (exact) mass is 445 g/mol. The maximum absolute atomic E-state index is 8.54. The Labute approximate surface area is 186 Å². The van der Waals surface area contributed by atoms with Crippen molar-refractivity contribution in [2.45, 2.75) is 54.4 Å². The summed E-state index contributed by atoms with van der Waals surface area (Å²) in [4.78, 5) is 0. The molecule has 0 radical (unpaired) electrons. The molecule has 0 amide bonds. The molecule has 0 aliphatic rings. The normalized spacial score (nSPS) is 11.1. The van der Waals surface area contributed by atoms with Crippen molar-refractivity contribution in [3.63, 3.8) is 0 Å². The van der Waals surface area contributed by atoms with Crippen molar-refractivity contribution in [3.05, 3.63) is 29.3 Å². The molecule has 0 saturated carbocycles. The zero-order valence-electron chi connectivity index (χ0n) is 19.2. The molecular formula is C21H44N5OPS. The van der Waals surface area contributed by atoms with Crippen LogP contribution in [0.1, 0.15) is 59.9 Å². The van der Waals surface area contributed by atoms with Gasteiger partial charge in [0.05, 0.1) is 0 Å². The first kappa shape index (κ1) is 32.7. The van der Waals surface area contributed by atoms with E-state index in [1.807, 2.05) is 12.1 Å². The van der Waals surface area contributed by atoms with E-state index in [4.69, 9.17) is 16.4 Å². The Kier molecular flexibility index (Phi) is 20.2. The van der Waals surface area contributed by atoms with Gasteiger partial charge in [0.2, 0.25) is 0 Å². The standard InChI is InChI=1S/C19H31N2P.CH6N2.CH4S.H3NO/c1-12(2)7-9-15(13(3)18(21)19(4,5)6)16-10-8-14(20)11-17(16)22;2-1-3;2*1-2/h8,10-12,21H,7,9,20,22H2,1-6H3;1-3H2;2H,1H3;2H,1H2/b15-13+,21-18?;;;. The molecule has 1 rings (SSSR count). The Morgan fingerprint density at radius 1 is 1.17 bits per heavy atom. The summed E-state index contributed by atoms with van der Waals surface area (Å²) in [7, 11) is 2.79. The molecule has 10 N–H and O–H groups in total. The van der Waals surface area contributed by atoms with Crippen LogP contribution in [-0.2, 0) is 0 Å². The van der Waals surface area contributed by atoms with Crippen molar-refractivity contribution in [3.8, 4) is 0 Å². The highest BCUT2D eigenvalue weighted by Gasteiger charge is 2.22. The maximum Gasteiger partial charge on any atom is 0.0403 e. The van der Waals surface area contributed by atoms with E-state index in [0.717, 1.165) is 29.4 Å². The molecule has 1 aromatic rings. The average Bonchev–Trinajstić information content (AvgIpc) is 2.65. The first-order valence-electron chi connectivity index (χ1n) is 9.50. The highest BCUT2D eigenvalue weighted by molar-refractivity contribution is 7.79. The summed E-state index contributed by atoms with van der Waals surface area (Å²) < 4.78 is 0. The van der Waals surface area contributed by atoms with E-state index >= 15 is 0 Å². The van der Waals surface area contributed by atoms with Gasteiger partial charge in [-0.2, -0.15) is 12.6 Å². The second-order valence-electron chi connectivity index (χ2n) is 7.74. The SMILES string of the molecule is C/C(C(=N)C(C)(C)C)=C(/CCC(C)C)c1ccc(N)cc1P.CS.NCN.NO. The number of hydrogen-bond acceptors (Lipinski definition) is 7. The van der Waals surface area contributed by atoms with Crippen molar-refractivity contribution in [1.29, 1.82) is 5.41 Å². The molecule has 0 heterocycles. The fourth-order valence-electron chi connectivity index (χ4n) is 2.53. The molecule has 0 aromatic heterocycles. The molecule has 0 bridgehead atoms. The van der Waals surface area contributed by atoms with E-state index in [1.165, 1.54) is 11.1 Å².